The molecule has 2 fully saturated rings. The van der Waals surface area contributed by atoms with Crippen LogP contribution in [0.4, 0.5) is 5.95 Å². The zero-order chi connectivity index (χ0) is 20.3. The second-order valence-corrected chi connectivity index (χ2v) is 7.93. The van der Waals surface area contributed by atoms with E-state index >= 15 is 0 Å². The molecule has 30 heavy (non-hydrogen) atoms. The highest BCUT2D eigenvalue weighted by Gasteiger charge is 2.26. The summed E-state index contributed by atoms with van der Waals surface area (Å²) in [5.74, 6) is 1.36. The predicted octanol–water partition coefficient (Wildman–Crippen LogP) is 1.84. The second kappa shape index (κ2) is 8.37. The number of benzene rings is 1. The second-order valence-electron chi connectivity index (χ2n) is 7.93. The lowest BCUT2D eigenvalue weighted by atomic mass is 10.0. The largest absolute Gasteiger partial charge is 0.507 e. The van der Waals surface area contributed by atoms with E-state index in [2.05, 4.69) is 35.6 Å². The molecule has 9 heteroatoms. The van der Waals surface area contributed by atoms with Crippen LogP contribution >= 0.6 is 0 Å². The van der Waals surface area contributed by atoms with Gasteiger partial charge in [-0.2, -0.15) is 5.10 Å². The first-order valence-corrected chi connectivity index (χ1v) is 10.3. The van der Waals surface area contributed by atoms with Gasteiger partial charge in [0.25, 0.3) is 0 Å². The topological polar surface area (TPSA) is 112 Å². The number of hydrogen-bond acceptors (Lipinski definition) is 8. The Kier molecular flexibility index (Phi) is 5.29. The number of phenolic OH excluding ortho intramolecular Hbond substituents is 1. The summed E-state index contributed by atoms with van der Waals surface area (Å²) in [6.45, 7) is 4.53. The fourth-order valence-electron chi connectivity index (χ4n) is 4.08. The summed E-state index contributed by atoms with van der Waals surface area (Å²) in [4.78, 5) is 6.69. The van der Waals surface area contributed by atoms with Gasteiger partial charge in [0.1, 0.15) is 11.4 Å². The number of anilines is 1. The van der Waals surface area contributed by atoms with Gasteiger partial charge in [-0.3, -0.25) is 5.10 Å². The smallest absolute Gasteiger partial charge is 0.245 e. The first kappa shape index (κ1) is 19.0. The SMILES string of the molecule is Oc1cc(-c2cn[nH]c2)ccc1-c1cnc(N2CCC(CNC3CCOC3)C2)nn1. The molecule has 0 aliphatic carbocycles. The summed E-state index contributed by atoms with van der Waals surface area (Å²) in [6, 6.07) is 5.93. The van der Waals surface area contributed by atoms with Crippen molar-refractivity contribution in [1.29, 1.82) is 0 Å². The van der Waals surface area contributed by atoms with Gasteiger partial charge in [0, 0.05) is 49.6 Å². The van der Waals surface area contributed by atoms with E-state index in [4.69, 9.17) is 4.74 Å². The number of nitrogens with zero attached hydrogens (tertiary/aromatic N) is 5. The number of nitrogens with one attached hydrogen (secondary N) is 2. The van der Waals surface area contributed by atoms with Crippen molar-refractivity contribution in [2.75, 3.05) is 37.7 Å². The van der Waals surface area contributed by atoms with Crippen molar-refractivity contribution < 1.29 is 9.84 Å². The van der Waals surface area contributed by atoms with Gasteiger partial charge in [-0.05, 0) is 36.5 Å². The molecule has 3 aromatic rings. The maximum Gasteiger partial charge on any atom is 0.245 e. The molecule has 0 saturated carbocycles. The van der Waals surface area contributed by atoms with Crippen LogP contribution in [0.25, 0.3) is 22.4 Å². The Hall–Kier alpha value is -3.04. The minimum atomic E-state index is 0.140. The van der Waals surface area contributed by atoms with E-state index in [0.717, 1.165) is 56.8 Å². The average molecular weight is 407 g/mol. The molecule has 2 aromatic heterocycles. The fraction of sp³-hybridized carbons (Fsp3) is 0.429. The van der Waals surface area contributed by atoms with Crippen LogP contribution in [0.2, 0.25) is 0 Å². The summed E-state index contributed by atoms with van der Waals surface area (Å²) >= 11 is 0. The maximum atomic E-state index is 10.5. The van der Waals surface area contributed by atoms with Gasteiger partial charge in [0.2, 0.25) is 5.95 Å². The zero-order valence-corrected chi connectivity index (χ0v) is 16.7. The van der Waals surface area contributed by atoms with E-state index in [0.29, 0.717) is 29.2 Å². The van der Waals surface area contributed by atoms with Crippen LogP contribution in [0.15, 0.2) is 36.8 Å². The van der Waals surface area contributed by atoms with E-state index in [9.17, 15) is 5.11 Å². The third kappa shape index (κ3) is 3.99. The Labute approximate surface area is 174 Å². The minimum absolute atomic E-state index is 0.140. The number of phenols is 1. The summed E-state index contributed by atoms with van der Waals surface area (Å²) < 4.78 is 5.42. The van der Waals surface area contributed by atoms with Crippen LogP contribution in [0, 0.1) is 5.92 Å². The Balaban J connectivity index is 1.22. The van der Waals surface area contributed by atoms with Gasteiger partial charge in [-0.15, -0.1) is 10.2 Å². The van der Waals surface area contributed by atoms with Crippen molar-refractivity contribution in [1.82, 2.24) is 30.7 Å². The molecule has 0 amide bonds. The fourth-order valence-corrected chi connectivity index (χ4v) is 4.08. The van der Waals surface area contributed by atoms with Crippen molar-refractivity contribution in [2.45, 2.75) is 18.9 Å². The highest BCUT2D eigenvalue weighted by atomic mass is 16.5. The van der Waals surface area contributed by atoms with Gasteiger partial charge in [0.05, 0.1) is 19.0 Å². The van der Waals surface area contributed by atoms with E-state index < -0.39 is 0 Å². The highest BCUT2D eigenvalue weighted by molar-refractivity contribution is 5.73. The van der Waals surface area contributed by atoms with Crippen molar-refractivity contribution in [3.63, 3.8) is 0 Å². The number of aromatic nitrogens is 5. The van der Waals surface area contributed by atoms with Crippen LogP contribution in [0.5, 0.6) is 5.75 Å². The molecule has 2 unspecified atom stereocenters. The minimum Gasteiger partial charge on any atom is -0.507 e. The van der Waals surface area contributed by atoms with Gasteiger partial charge in [-0.25, -0.2) is 4.98 Å². The molecule has 2 aliphatic rings. The lowest BCUT2D eigenvalue weighted by Gasteiger charge is -2.17. The van der Waals surface area contributed by atoms with Crippen molar-refractivity contribution >= 4 is 5.95 Å². The summed E-state index contributed by atoms with van der Waals surface area (Å²) in [5, 5.41) is 29.4. The van der Waals surface area contributed by atoms with E-state index in [1.165, 1.54) is 0 Å². The molecular formula is C21H25N7O2. The average Bonchev–Trinajstić information content (AvgIpc) is 3.55. The Morgan fingerprint density at radius 3 is 2.90 bits per heavy atom. The van der Waals surface area contributed by atoms with Gasteiger partial charge in [0.15, 0.2) is 0 Å². The Morgan fingerprint density at radius 1 is 1.20 bits per heavy atom. The molecule has 3 N–H and O–H groups in total. The summed E-state index contributed by atoms with van der Waals surface area (Å²) in [5.41, 5.74) is 2.95. The lowest BCUT2D eigenvalue weighted by molar-refractivity contribution is 0.189. The molecule has 0 bridgehead atoms. The number of hydrogen-bond donors (Lipinski definition) is 3. The first-order valence-electron chi connectivity index (χ1n) is 10.3. The standard InChI is InChI=1S/C21H25N7O2/c29-20-7-15(16-9-24-25-10-16)1-2-18(20)19-11-23-21(27-26-19)28-5-3-14(12-28)8-22-17-4-6-30-13-17/h1-2,7,9-11,14,17,22,29H,3-6,8,12-13H2,(H,24,25). The number of aromatic hydroxyl groups is 1. The van der Waals surface area contributed by atoms with E-state index in [1.54, 1.807) is 24.7 Å². The zero-order valence-electron chi connectivity index (χ0n) is 16.7. The van der Waals surface area contributed by atoms with Crippen LogP contribution in [0.3, 0.4) is 0 Å². The van der Waals surface area contributed by atoms with E-state index in [1.807, 2.05) is 12.1 Å². The van der Waals surface area contributed by atoms with Crippen molar-refractivity contribution in [2.24, 2.45) is 5.92 Å². The van der Waals surface area contributed by atoms with Crippen molar-refractivity contribution in [3.8, 4) is 28.1 Å². The summed E-state index contributed by atoms with van der Waals surface area (Å²) in [6.07, 6.45) is 7.38. The van der Waals surface area contributed by atoms with Crippen LogP contribution in [-0.4, -0.2) is 69.4 Å². The molecule has 156 valence electrons. The quantitative estimate of drug-likeness (QED) is 0.567. The highest BCUT2D eigenvalue weighted by Crippen LogP contribution is 2.32. The van der Waals surface area contributed by atoms with Crippen LogP contribution in [-0.2, 0) is 4.74 Å². The Morgan fingerprint density at radius 2 is 2.17 bits per heavy atom. The Bertz CT molecular complexity index is 972. The van der Waals surface area contributed by atoms with Crippen molar-refractivity contribution in [3.05, 3.63) is 36.8 Å². The van der Waals surface area contributed by atoms with Crippen LogP contribution < -0.4 is 10.2 Å². The molecule has 0 spiro atoms. The molecule has 4 heterocycles. The van der Waals surface area contributed by atoms with Crippen LogP contribution in [0.1, 0.15) is 12.8 Å². The third-order valence-electron chi connectivity index (χ3n) is 5.85. The molecule has 2 aliphatic heterocycles. The molecule has 5 rings (SSSR count). The molecule has 2 atom stereocenters. The summed E-state index contributed by atoms with van der Waals surface area (Å²) in [7, 11) is 0. The number of H-pyrrole nitrogens is 1. The monoisotopic (exact) mass is 407 g/mol. The third-order valence-corrected chi connectivity index (χ3v) is 5.85. The maximum absolute atomic E-state index is 10.5. The number of aromatic amines is 1. The van der Waals surface area contributed by atoms with E-state index in [-0.39, 0.29) is 5.75 Å². The molecule has 0 radical (unpaired) electrons. The van der Waals surface area contributed by atoms with Gasteiger partial charge >= 0.3 is 0 Å². The first-order chi connectivity index (χ1) is 14.8. The van der Waals surface area contributed by atoms with Gasteiger partial charge < -0.3 is 20.1 Å². The number of ether oxygens (including phenoxy) is 1. The molecular weight excluding hydrogens is 382 g/mol. The number of rotatable bonds is 6. The molecule has 9 nitrogen and oxygen atoms in total. The van der Waals surface area contributed by atoms with Gasteiger partial charge in [-0.1, -0.05) is 6.07 Å². The lowest BCUT2D eigenvalue weighted by Crippen LogP contribution is -2.34. The molecule has 1 aromatic carbocycles. The molecule has 2 saturated heterocycles. The normalized spacial score (nSPS) is 21.4. The predicted molar refractivity (Wildman–Crippen MR) is 112 cm³/mol.